The topological polar surface area (TPSA) is 107 Å². The van der Waals surface area contributed by atoms with E-state index >= 15 is 0 Å². The first kappa shape index (κ1) is 20.7. The van der Waals surface area contributed by atoms with Crippen LogP contribution in [0.25, 0.3) is 11.0 Å². The number of hydrogen-bond donors (Lipinski definition) is 2. The fourth-order valence-electron chi connectivity index (χ4n) is 2.49. The minimum absolute atomic E-state index is 0.0252. The summed E-state index contributed by atoms with van der Waals surface area (Å²) in [5.41, 5.74) is 1.42. The molecular formula is C17H26N4O3S2. The van der Waals surface area contributed by atoms with Crippen LogP contribution in [-0.2, 0) is 21.4 Å². The van der Waals surface area contributed by atoms with Gasteiger partial charge in [0.1, 0.15) is 0 Å². The number of unbranched alkanes of at least 4 members (excludes halogenated alkanes) is 2. The predicted molar refractivity (Wildman–Crippen MR) is 105 cm³/mol. The summed E-state index contributed by atoms with van der Waals surface area (Å²) >= 11 is 1.36. The van der Waals surface area contributed by atoms with Crippen molar-refractivity contribution in [2.45, 2.75) is 56.1 Å². The standard InChI is InChI=1S/C17H26N4O3S2/c1-3-5-9-19-16(22)12-25-17-20-14-11-13(26(18,23)24)7-8-15(14)21(17)10-6-4-2/h7-8,11H,3-6,9-10,12H2,1-2H3,(H,19,22)(H2,18,23,24). The fraction of sp³-hybridized carbons (Fsp3) is 0.529. The summed E-state index contributed by atoms with van der Waals surface area (Å²) in [4.78, 5) is 16.5. The number of fused-ring (bicyclic) bond motifs is 1. The number of sulfonamides is 1. The number of nitrogens with zero attached hydrogens (tertiary/aromatic N) is 2. The molecule has 0 unspecified atom stereocenters. The van der Waals surface area contributed by atoms with Crippen LogP contribution in [0.1, 0.15) is 39.5 Å². The van der Waals surface area contributed by atoms with E-state index in [4.69, 9.17) is 5.14 Å². The van der Waals surface area contributed by atoms with Crippen LogP contribution in [0.4, 0.5) is 0 Å². The summed E-state index contributed by atoms with van der Waals surface area (Å²) in [7, 11) is -3.77. The van der Waals surface area contributed by atoms with Gasteiger partial charge in [-0.2, -0.15) is 0 Å². The Morgan fingerprint density at radius 3 is 2.65 bits per heavy atom. The number of aryl methyl sites for hydroxylation is 1. The average molecular weight is 399 g/mol. The van der Waals surface area contributed by atoms with Crippen LogP contribution in [0.3, 0.4) is 0 Å². The number of rotatable bonds is 10. The number of imidazole rings is 1. The molecule has 1 heterocycles. The Morgan fingerprint density at radius 2 is 2.00 bits per heavy atom. The van der Waals surface area contributed by atoms with E-state index in [1.807, 2.05) is 4.57 Å². The lowest BCUT2D eigenvalue weighted by Gasteiger charge is -2.08. The Balaban J connectivity index is 2.24. The maximum atomic E-state index is 12.0. The number of carbonyl (C=O) groups excluding carboxylic acids is 1. The second-order valence-electron chi connectivity index (χ2n) is 6.09. The summed E-state index contributed by atoms with van der Waals surface area (Å²) in [6.07, 6.45) is 3.99. The first-order chi connectivity index (χ1) is 12.4. The number of amides is 1. The first-order valence-electron chi connectivity index (χ1n) is 8.79. The molecule has 9 heteroatoms. The molecule has 2 rings (SSSR count). The molecule has 1 amide bonds. The molecule has 0 fully saturated rings. The van der Waals surface area contributed by atoms with Crippen molar-refractivity contribution in [1.82, 2.24) is 14.9 Å². The van der Waals surface area contributed by atoms with Crippen molar-refractivity contribution in [2.24, 2.45) is 5.14 Å². The quantitative estimate of drug-likeness (QED) is 0.472. The Bertz CT molecular complexity index is 862. The second-order valence-corrected chi connectivity index (χ2v) is 8.59. The molecule has 144 valence electrons. The fourth-order valence-corrected chi connectivity index (χ4v) is 3.90. The van der Waals surface area contributed by atoms with Gasteiger partial charge in [0.2, 0.25) is 15.9 Å². The number of carbonyl (C=O) groups is 1. The van der Waals surface area contributed by atoms with E-state index in [9.17, 15) is 13.2 Å². The van der Waals surface area contributed by atoms with E-state index < -0.39 is 10.0 Å². The molecule has 0 saturated heterocycles. The zero-order valence-electron chi connectivity index (χ0n) is 15.2. The number of nitrogens with one attached hydrogen (secondary N) is 1. The highest BCUT2D eigenvalue weighted by Gasteiger charge is 2.16. The normalized spacial score (nSPS) is 11.8. The maximum absolute atomic E-state index is 12.0. The van der Waals surface area contributed by atoms with Crippen molar-refractivity contribution in [3.63, 3.8) is 0 Å². The largest absolute Gasteiger partial charge is 0.355 e. The highest BCUT2D eigenvalue weighted by Crippen LogP contribution is 2.26. The highest BCUT2D eigenvalue weighted by molar-refractivity contribution is 7.99. The molecule has 0 radical (unpaired) electrons. The monoisotopic (exact) mass is 398 g/mol. The first-order valence-corrected chi connectivity index (χ1v) is 11.3. The van der Waals surface area contributed by atoms with Crippen molar-refractivity contribution < 1.29 is 13.2 Å². The third kappa shape index (κ3) is 5.46. The lowest BCUT2D eigenvalue weighted by molar-refractivity contribution is -0.118. The van der Waals surface area contributed by atoms with E-state index in [1.54, 1.807) is 6.07 Å². The van der Waals surface area contributed by atoms with Gasteiger partial charge in [-0.1, -0.05) is 38.5 Å². The lowest BCUT2D eigenvalue weighted by atomic mass is 10.3. The van der Waals surface area contributed by atoms with Gasteiger partial charge in [0.25, 0.3) is 0 Å². The highest BCUT2D eigenvalue weighted by atomic mass is 32.2. The van der Waals surface area contributed by atoms with Crippen LogP contribution in [0, 0.1) is 0 Å². The van der Waals surface area contributed by atoms with Gasteiger partial charge in [0, 0.05) is 13.1 Å². The predicted octanol–water partition coefficient (Wildman–Crippen LogP) is 2.49. The Hall–Kier alpha value is -1.58. The minimum Gasteiger partial charge on any atom is -0.355 e. The van der Waals surface area contributed by atoms with Crippen LogP contribution in [0.15, 0.2) is 28.3 Å². The van der Waals surface area contributed by atoms with Gasteiger partial charge in [0.15, 0.2) is 5.16 Å². The van der Waals surface area contributed by atoms with Gasteiger partial charge in [-0.25, -0.2) is 18.5 Å². The molecule has 26 heavy (non-hydrogen) atoms. The van der Waals surface area contributed by atoms with Gasteiger partial charge in [-0.3, -0.25) is 4.79 Å². The Kier molecular flexibility index (Phi) is 7.48. The van der Waals surface area contributed by atoms with Crippen LogP contribution in [-0.4, -0.2) is 36.2 Å². The third-order valence-corrected chi connectivity index (χ3v) is 5.82. The van der Waals surface area contributed by atoms with Gasteiger partial charge in [0.05, 0.1) is 21.7 Å². The zero-order valence-corrected chi connectivity index (χ0v) is 16.8. The Morgan fingerprint density at radius 1 is 1.27 bits per heavy atom. The molecular weight excluding hydrogens is 372 g/mol. The Labute approximate surface area is 158 Å². The van der Waals surface area contributed by atoms with Gasteiger partial charge < -0.3 is 9.88 Å². The van der Waals surface area contributed by atoms with E-state index in [-0.39, 0.29) is 16.6 Å². The van der Waals surface area contributed by atoms with Crippen molar-refractivity contribution >= 4 is 38.7 Å². The van der Waals surface area contributed by atoms with Crippen LogP contribution in [0.2, 0.25) is 0 Å². The summed E-state index contributed by atoms with van der Waals surface area (Å²) in [6, 6.07) is 4.70. The lowest BCUT2D eigenvalue weighted by Crippen LogP contribution is -2.26. The number of benzene rings is 1. The zero-order chi connectivity index (χ0) is 19.2. The third-order valence-electron chi connectivity index (χ3n) is 3.93. The van der Waals surface area contributed by atoms with E-state index in [0.717, 1.165) is 37.7 Å². The molecule has 0 atom stereocenters. The molecule has 1 aromatic carbocycles. The van der Waals surface area contributed by atoms with Gasteiger partial charge in [-0.15, -0.1) is 0 Å². The molecule has 0 saturated carbocycles. The second kappa shape index (κ2) is 9.38. The van der Waals surface area contributed by atoms with Gasteiger partial charge >= 0.3 is 0 Å². The van der Waals surface area contributed by atoms with Crippen LogP contribution in [0.5, 0.6) is 0 Å². The van der Waals surface area contributed by atoms with E-state index in [2.05, 4.69) is 24.1 Å². The number of hydrogen-bond acceptors (Lipinski definition) is 5. The molecule has 1 aromatic heterocycles. The summed E-state index contributed by atoms with van der Waals surface area (Å²) in [6.45, 7) is 5.63. The number of thioether (sulfide) groups is 1. The summed E-state index contributed by atoms with van der Waals surface area (Å²) in [5.74, 6) is 0.254. The van der Waals surface area contributed by atoms with Crippen molar-refractivity contribution in [3.8, 4) is 0 Å². The van der Waals surface area contributed by atoms with Crippen molar-refractivity contribution in [1.29, 1.82) is 0 Å². The van der Waals surface area contributed by atoms with Crippen LogP contribution < -0.4 is 10.5 Å². The average Bonchev–Trinajstić information content (AvgIpc) is 2.94. The van der Waals surface area contributed by atoms with Gasteiger partial charge in [-0.05, 0) is 31.0 Å². The number of nitrogens with two attached hydrogens (primary N) is 1. The van der Waals surface area contributed by atoms with Crippen molar-refractivity contribution in [3.05, 3.63) is 18.2 Å². The molecule has 7 nitrogen and oxygen atoms in total. The summed E-state index contributed by atoms with van der Waals surface area (Å²) in [5, 5.41) is 8.81. The molecule has 3 N–H and O–H groups in total. The van der Waals surface area contributed by atoms with Crippen LogP contribution >= 0.6 is 11.8 Å². The number of aromatic nitrogens is 2. The molecule has 0 aliphatic heterocycles. The molecule has 0 aliphatic carbocycles. The van der Waals surface area contributed by atoms with E-state index in [0.29, 0.717) is 17.2 Å². The number of primary sulfonamides is 1. The smallest absolute Gasteiger partial charge is 0.238 e. The SMILES string of the molecule is CCCCNC(=O)CSc1nc2cc(S(N)(=O)=O)ccc2n1CCCC. The molecule has 2 aromatic rings. The molecule has 0 spiro atoms. The summed E-state index contributed by atoms with van der Waals surface area (Å²) < 4.78 is 25.2. The molecule has 0 aliphatic rings. The maximum Gasteiger partial charge on any atom is 0.238 e. The minimum atomic E-state index is -3.77. The van der Waals surface area contributed by atoms with E-state index in [1.165, 1.54) is 23.9 Å². The van der Waals surface area contributed by atoms with Crippen molar-refractivity contribution in [2.75, 3.05) is 12.3 Å². The molecule has 0 bridgehead atoms.